The summed E-state index contributed by atoms with van der Waals surface area (Å²) in [7, 11) is -3.72. The summed E-state index contributed by atoms with van der Waals surface area (Å²) in [4.78, 5) is 0.283. The van der Waals surface area contributed by atoms with Gasteiger partial charge in [-0.25, -0.2) is 8.42 Å². The third-order valence-electron chi connectivity index (χ3n) is 4.86. The van der Waals surface area contributed by atoms with Gasteiger partial charge in [-0.1, -0.05) is 29.4 Å². The highest BCUT2D eigenvalue weighted by molar-refractivity contribution is 7.93. The van der Waals surface area contributed by atoms with Gasteiger partial charge in [-0.05, 0) is 44.0 Å². The van der Waals surface area contributed by atoms with E-state index in [0.717, 1.165) is 22.5 Å². The van der Waals surface area contributed by atoms with E-state index in [1.54, 1.807) is 19.1 Å². The van der Waals surface area contributed by atoms with E-state index in [2.05, 4.69) is 10.5 Å². The Bertz CT molecular complexity index is 1120. The second-order valence-corrected chi connectivity index (χ2v) is 8.57. The van der Waals surface area contributed by atoms with Gasteiger partial charge in [0.15, 0.2) is 5.76 Å². The van der Waals surface area contributed by atoms with Crippen molar-refractivity contribution in [3.63, 3.8) is 0 Å². The molecule has 140 valence electrons. The average molecular weight is 383 g/mol. The van der Waals surface area contributed by atoms with Gasteiger partial charge in [-0.3, -0.25) is 4.31 Å². The van der Waals surface area contributed by atoms with Crippen LogP contribution in [-0.2, 0) is 10.0 Å². The van der Waals surface area contributed by atoms with Crippen LogP contribution in [0.25, 0.3) is 11.3 Å². The first-order chi connectivity index (χ1) is 12.9. The molecule has 0 amide bonds. The third kappa shape index (κ3) is 2.88. The van der Waals surface area contributed by atoms with Crippen molar-refractivity contribution < 1.29 is 12.9 Å². The first-order valence-electron chi connectivity index (χ1n) is 8.79. The lowest BCUT2D eigenvalue weighted by Gasteiger charge is -2.33. The molecule has 0 unspecified atom stereocenters. The molecule has 0 spiro atoms. The molecule has 1 aliphatic heterocycles. The predicted octanol–water partition coefficient (Wildman–Crippen LogP) is 3.89. The lowest BCUT2D eigenvalue weighted by molar-refractivity contribution is 0.427. The zero-order valence-electron chi connectivity index (χ0n) is 15.5. The van der Waals surface area contributed by atoms with Gasteiger partial charge in [-0.15, -0.1) is 0 Å². The van der Waals surface area contributed by atoms with Crippen LogP contribution in [0.15, 0.2) is 51.9 Å². The second kappa shape index (κ2) is 6.42. The molecule has 0 bridgehead atoms. The normalized spacial score (nSPS) is 14.0. The number of nitrogens with zero attached hydrogens (tertiary/aromatic N) is 2. The van der Waals surface area contributed by atoms with Crippen LogP contribution < -0.4 is 9.62 Å². The highest BCUT2D eigenvalue weighted by Gasteiger charge is 2.32. The number of sulfonamides is 1. The Morgan fingerprint density at radius 1 is 1.11 bits per heavy atom. The Hall–Kier alpha value is -2.80. The topological polar surface area (TPSA) is 75.4 Å². The Balaban J connectivity index is 1.86. The number of aromatic nitrogens is 1. The minimum Gasteiger partial charge on any atom is -0.382 e. The molecule has 3 aromatic rings. The van der Waals surface area contributed by atoms with E-state index in [-0.39, 0.29) is 4.90 Å². The number of benzene rings is 2. The summed E-state index contributed by atoms with van der Waals surface area (Å²) in [6.07, 6.45) is 0. The first kappa shape index (κ1) is 17.6. The molecule has 0 atom stereocenters. The average Bonchev–Trinajstić information content (AvgIpc) is 3.07. The molecule has 0 saturated heterocycles. The summed E-state index contributed by atoms with van der Waals surface area (Å²) in [6.45, 7) is 6.51. The van der Waals surface area contributed by atoms with Gasteiger partial charge < -0.3 is 9.84 Å². The quantitative estimate of drug-likeness (QED) is 0.743. The van der Waals surface area contributed by atoms with Crippen molar-refractivity contribution in [1.82, 2.24) is 5.16 Å². The number of fused-ring (bicyclic) bond motifs is 1. The Kier molecular flexibility index (Phi) is 4.19. The van der Waals surface area contributed by atoms with Gasteiger partial charge >= 0.3 is 0 Å². The summed E-state index contributed by atoms with van der Waals surface area (Å²) in [5.41, 5.74) is 4.61. The molecule has 7 heteroatoms. The summed E-state index contributed by atoms with van der Waals surface area (Å²) in [5, 5.41) is 7.20. The molecular formula is C20H21N3O3S. The summed E-state index contributed by atoms with van der Waals surface area (Å²) in [5.74, 6) is 0.568. The molecule has 0 aliphatic carbocycles. The molecule has 0 fully saturated rings. The maximum Gasteiger partial charge on any atom is 0.264 e. The van der Waals surface area contributed by atoms with Crippen molar-refractivity contribution in [2.75, 3.05) is 22.7 Å². The van der Waals surface area contributed by atoms with E-state index in [9.17, 15) is 8.42 Å². The van der Waals surface area contributed by atoms with Gasteiger partial charge in [0.25, 0.3) is 10.0 Å². The van der Waals surface area contributed by atoms with Crippen molar-refractivity contribution in [3.8, 4) is 11.3 Å². The van der Waals surface area contributed by atoms with Crippen LogP contribution in [0.1, 0.15) is 16.8 Å². The minimum atomic E-state index is -3.72. The maximum atomic E-state index is 13.6. The van der Waals surface area contributed by atoms with E-state index < -0.39 is 10.0 Å². The molecule has 1 aliphatic rings. The predicted molar refractivity (Wildman–Crippen MR) is 106 cm³/mol. The van der Waals surface area contributed by atoms with Crippen LogP contribution in [0.5, 0.6) is 0 Å². The fourth-order valence-electron chi connectivity index (χ4n) is 3.55. The molecule has 2 aromatic carbocycles. The van der Waals surface area contributed by atoms with E-state index in [1.807, 2.05) is 44.2 Å². The molecule has 27 heavy (non-hydrogen) atoms. The van der Waals surface area contributed by atoms with Crippen LogP contribution in [0.2, 0.25) is 0 Å². The SMILES string of the molecule is Cc1cc(-c2cccc(S(=O)(=O)N3CCNc4cccc(C)c43)c2C)on1. The fraction of sp³-hybridized carbons (Fsp3) is 0.250. The number of aryl methyl sites for hydroxylation is 2. The number of nitrogens with one attached hydrogen (secondary N) is 1. The number of rotatable bonds is 3. The number of hydrogen-bond donors (Lipinski definition) is 1. The molecule has 2 heterocycles. The Morgan fingerprint density at radius 3 is 2.63 bits per heavy atom. The fourth-order valence-corrected chi connectivity index (χ4v) is 5.35. The van der Waals surface area contributed by atoms with Crippen LogP contribution in [0.4, 0.5) is 11.4 Å². The number of para-hydroxylation sites is 1. The highest BCUT2D eigenvalue weighted by atomic mass is 32.2. The standard InChI is InChI=1S/C20H21N3O3S/c1-13-6-4-8-17-20(13)23(11-10-21-17)27(24,25)19-9-5-7-16(15(19)3)18-12-14(2)22-26-18/h4-9,12,21H,10-11H2,1-3H3. The van der Waals surface area contributed by atoms with Gasteiger partial charge in [0, 0.05) is 18.2 Å². The van der Waals surface area contributed by atoms with E-state index in [4.69, 9.17) is 4.52 Å². The molecule has 4 rings (SSSR count). The van der Waals surface area contributed by atoms with E-state index in [0.29, 0.717) is 30.1 Å². The van der Waals surface area contributed by atoms with Crippen LogP contribution in [0.3, 0.4) is 0 Å². The maximum absolute atomic E-state index is 13.6. The minimum absolute atomic E-state index is 0.283. The first-order valence-corrected chi connectivity index (χ1v) is 10.2. The zero-order valence-corrected chi connectivity index (χ0v) is 16.3. The molecule has 0 saturated carbocycles. The van der Waals surface area contributed by atoms with E-state index >= 15 is 0 Å². The highest BCUT2D eigenvalue weighted by Crippen LogP contribution is 2.38. The van der Waals surface area contributed by atoms with Crippen molar-refractivity contribution >= 4 is 21.4 Å². The van der Waals surface area contributed by atoms with Crippen LogP contribution in [-0.4, -0.2) is 26.7 Å². The lowest BCUT2D eigenvalue weighted by atomic mass is 10.1. The van der Waals surface area contributed by atoms with Gasteiger partial charge in [0.2, 0.25) is 0 Å². The number of hydrogen-bond acceptors (Lipinski definition) is 5. The molecular weight excluding hydrogens is 362 g/mol. The Morgan fingerprint density at radius 2 is 1.89 bits per heavy atom. The molecule has 6 nitrogen and oxygen atoms in total. The lowest BCUT2D eigenvalue weighted by Crippen LogP contribution is -2.39. The van der Waals surface area contributed by atoms with Crippen molar-refractivity contribution in [2.45, 2.75) is 25.7 Å². The van der Waals surface area contributed by atoms with Crippen molar-refractivity contribution in [2.24, 2.45) is 0 Å². The molecule has 0 radical (unpaired) electrons. The smallest absolute Gasteiger partial charge is 0.264 e. The van der Waals surface area contributed by atoms with Gasteiger partial charge in [0.1, 0.15) is 0 Å². The zero-order chi connectivity index (χ0) is 19.2. The van der Waals surface area contributed by atoms with Gasteiger partial charge in [0.05, 0.1) is 28.5 Å². The number of anilines is 2. The van der Waals surface area contributed by atoms with Crippen molar-refractivity contribution in [1.29, 1.82) is 0 Å². The van der Waals surface area contributed by atoms with Crippen molar-refractivity contribution in [3.05, 3.63) is 59.3 Å². The van der Waals surface area contributed by atoms with Crippen LogP contribution >= 0.6 is 0 Å². The molecule has 1 N–H and O–H groups in total. The van der Waals surface area contributed by atoms with E-state index in [1.165, 1.54) is 4.31 Å². The third-order valence-corrected chi connectivity index (χ3v) is 6.81. The van der Waals surface area contributed by atoms with Crippen LogP contribution in [0, 0.1) is 20.8 Å². The second-order valence-electron chi connectivity index (χ2n) is 6.74. The largest absolute Gasteiger partial charge is 0.382 e. The summed E-state index contributed by atoms with van der Waals surface area (Å²) in [6, 6.07) is 12.8. The monoisotopic (exact) mass is 383 g/mol. The summed E-state index contributed by atoms with van der Waals surface area (Å²) >= 11 is 0. The Labute approximate surface area is 158 Å². The molecule has 1 aromatic heterocycles. The summed E-state index contributed by atoms with van der Waals surface area (Å²) < 4.78 is 34.0. The van der Waals surface area contributed by atoms with Gasteiger partial charge in [-0.2, -0.15) is 0 Å².